The van der Waals surface area contributed by atoms with E-state index in [2.05, 4.69) is 17.4 Å². The van der Waals surface area contributed by atoms with Gasteiger partial charge in [0.05, 0.1) is 6.04 Å². The first-order valence-electron chi connectivity index (χ1n) is 7.67. The normalized spacial score (nSPS) is 21.2. The maximum absolute atomic E-state index is 12.9. The van der Waals surface area contributed by atoms with E-state index in [0.29, 0.717) is 0 Å². The van der Waals surface area contributed by atoms with Gasteiger partial charge >= 0.3 is 0 Å². The third kappa shape index (κ3) is 3.19. The maximum Gasteiger partial charge on any atom is 0.224 e. The first-order chi connectivity index (χ1) is 10.5. The monoisotopic (exact) mass is 297 g/mol. The molecule has 3 atom stereocenters. The Morgan fingerprint density at radius 2 is 1.77 bits per heavy atom. The van der Waals surface area contributed by atoms with Crippen LogP contribution in [0.3, 0.4) is 0 Å². The summed E-state index contributed by atoms with van der Waals surface area (Å²) in [7, 11) is 0. The van der Waals surface area contributed by atoms with Crippen molar-refractivity contribution < 1.29 is 9.18 Å². The zero-order valence-electron chi connectivity index (χ0n) is 12.8. The first-order valence-corrected chi connectivity index (χ1v) is 7.67. The third-order valence-electron chi connectivity index (χ3n) is 4.36. The van der Waals surface area contributed by atoms with Gasteiger partial charge < -0.3 is 5.32 Å². The average molecular weight is 297 g/mol. The topological polar surface area (TPSA) is 29.1 Å². The number of aryl methyl sites for hydroxylation is 1. The molecule has 3 heteroatoms. The highest BCUT2D eigenvalue weighted by molar-refractivity contribution is 5.83. The van der Waals surface area contributed by atoms with E-state index in [-0.39, 0.29) is 29.6 Å². The number of hydrogen-bond acceptors (Lipinski definition) is 1. The van der Waals surface area contributed by atoms with Crippen LogP contribution in [0.1, 0.15) is 42.0 Å². The molecular weight excluding hydrogens is 277 g/mol. The van der Waals surface area contributed by atoms with Crippen LogP contribution in [0.4, 0.5) is 4.39 Å². The number of benzene rings is 2. The van der Waals surface area contributed by atoms with Crippen LogP contribution in [-0.2, 0) is 4.79 Å². The lowest BCUT2D eigenvalue weighted by atomic mass is 10.1. The fourth-order valence-corrected chi connectivity index (χ4v) is 2.82. The van der Waals surface area contributed by atoms with Gasteiger partial charge in [-0.1, -0.05) is 42.0 Å². The van der Waals surface area contributed by atoms with Crippen molar-refractivity contribution in [1.29, 1.82) is 0 Å². The van der Waals surface area contributed by atoms with Crippen molar-refractivity contribution in [1.82, 2.24) is 5.32 Å². The molecule has 3 unspecified atom stereocenters. The number of halogens is 1. The molecule has 1 aliphatic rings. The van der Waals surface area contributed by atoms with E-state index in [0.717, 1.165) is 17.5 Å². The van der Waals surface area contributed by atoms with Gasteiger partial charge in [0.15, 0.2) is 0 Å². The zero-order valence-corrected chi connectivity index (χ0v) is 12.8. The Kier molecular flexibility index (Phi) is 3.97. The Morgan fingerprint density at radius 3 is 2.41 bits per heavy atom. The average Bonchev–Trinajstić information content (AvgIpc) is 3.29. The highest BCUT2D eigenvalue weighted by atomic mass is 19.1. The Morgan fingerprint density at radius 1 is 1.14 bits per heavy atom. The first kappa shape index (κ1) is 14.8. The highest BCUT2D eigenvalue weighted by Crippen LogP contribution is 2.47. The summed E-state index contributed by atoms with van der Waals surface area (Å²) in [6.45, 7) is 4.04. The number of nitrogens with one attached hydrogen (secondary N) is 1. The van der Waals surface area contributed by atoms with Crippen LogP contribution in [0.25, 0.3) is 0 Å². The summed E-state index contributed by atoms with van der Waals surface area (Å²) >= 11 is 0. The Bertz CT molecular complexity index is 663. The van der Waals surface area contributed by atoms with Crippen LogP contribution in [-0.4, -0.2) is 5.91 Å². The predicted molar refractivity (Wildman–Crippen MR) is 85.0 cm³/mol. The van der Waals surface area contributed by atoms with Gasteiger partial charge in [0.1, 0.15) is 5.82 Å². The molecule has 3 rings (SSSR count). The number of carbonyl (C=O) groups is 1. The fraction of sp³-hybridized carbons (Fsp3) is 0.316. The lowest BCUT2D eigenvalue weighted by Crippen LogP contribution is -2.28. The van der Waals surface area contributed by atoms with Crippen molar-refractivity contribution in [2.75, 3.05) is 0 Å². The number of hydrogen-bond donors (Lipinski definition) is 1. The summed E-state index contributed by atoms with van der Waals surface area (Å²) in [5.41, 5.74) is 3.36. The quantitative estimate of drug-likeness (QED) is 0.904. The minimum Gasteiger partial charge on any atom is -0.349 e. The summed E-state index contributed by atoms with van der Waals surface area (Å²) in [6, 6.07) is 14.7. The van der Waals surface area contributed by atoms with Gasteiger partial charge in [0, 0.05) is 5.92 Å². The smallest absolute Gasteiger partial charge is 0.224 e. The van der Waals surface area contributed by atoms with E-state index in [1.54, 1.807) is 12.1 Å². The van der Waals surface area contributed by atoms with Crippen LogP contribution in [0.2, 0.25) is 0 Å². The second kappa shape index (κ2) is 5.91. The van der Waals surface area contributed by atoms with Crippen LogP contribution < -0.4 is 5.32 Å². The van der Waals surface area contributed by atoms with Crippen LogP contribution >= 0.6 is 0 Å². The summed E-state index contributed by atoms with van der Waals surface area (Å²) in [5.74, 6) is 0.0879. The molecule has 1 amide bonds. The molecule has 1 fully saturated rings. The van der Waals surface area contributed by atoms with E-state index in [4.69, 9.17) is 0 Å². The second-order valence-corrected chi connectivity index (χ2v) is 6.14. The Labute approximate surface area is 130 Å². The minimum atomic E-state index is -0.238. The molecular formula is C19H20FNO. The molecule has 0 heterocycles. The van der Waals surface area contributed by atoms with Crippen LogP contribution in [0, 0.1) is 18.7 Å². The van der Waals surface area contributed by atoms with Gasteiger partial charge in [0.25, 0.3) is 0 Å². The van der Waals surface area contributed by atoms with Gasteiger partial charge in [-0.25, -0.2) is 4.39 Å². The molecule has 114 valence electrons. The molecule has 1 aliphatic carbocycles. The molecule has 0 spiro atoms. The SMILES string of the molecule is Cc1ccc(C(C)NC(=O)C2CC2c2ccc(F)cc2)cc1. The maximum atomic E-state index is 12.9. The van der Waals surface area contributed by atoms with Crippen LogP contribution in [0.5, 0.6) is 0 Å². The lowest BCUT2D eigenvalue weighted by Gasteiger charge is -2.14. The molecule has 2 aromatic carbocycles. The van der Waals surface area contributed by atoms with Crippen LogP contribution in [0.15, 0.2) is 48.5 Å². The second-order valence-electron chi connectivity index (χ2n) is 6.14. The molecule has 0 radical (unpaired) electrons. The fourth-order valence-electron chi connectivity index (χ4n) is 2.82. The molecule has 2 aromatic rings. The van der Waals surface area contributed by atoms with Crippen molar-refractivity contribution in [3.05, 3.63) is 71.0 Å². The van der Waals surface area contributed by atoms with Gasteiger partial charge in [0.2, 0.25) is 5.91 Å². The van der Waals surface area contributed by atoms with Crippen molar-refractivity contribution >= 4 is 5.91 Å². The highest BCUT2D eigenvalue weighted by Gasteiger charge is 2.44. The molecule has 2 nitrogen and oxygen atoms in total. The molecule has 22 heavy (non-hydrogen) atoms. The Hall–Kier alpha value is -2.16. The predicted octanol–water partition coefficient (Wildman–Crippen LogP) is 4.12. The summed E-state index contributed by atoms with van der Waals surface area (Å²) in [5, 5.41) is 3.08. The van der Waals surface area contributed by atoms with Gasteiger partial charge in [-0.15, -0.1) is 0 Å². The molecule has 1 N–H and O–H groups in total. The standard InChI is InChI=1S/C19H20FNO/c1-12-3-5-14(6-4-12)13(2)21-19(22)18-11-17(18)15-7-9-16(20)10-8-15/h3-10,13,17-18H,11H2,1-2H3,(H,21,22). The minimum absolute atomic E-state index is 0.00238. The van der Waals surface area contributed by atoms with E-state index < -0.39 is 0 Å². The zero-order chi connectivity index (χ0) is 15.7. The van der Waals surface area contributed by atoms with Gasteiger partial charge in [-0.2, -0.15) is 0 Å². The van der Waals surface area contributed by atoms with Crippen molar-refractivity contribution in [2.45, 2.75) is 32.2 Å². The molecule has 1 saturated carbocycles. The lowest BCUT2D eigenvalue weighted by molar-refractivity contribution is -0.123. The van der Waals surface area contributed by atoms with E-state index in [9.17, 15) is 9.18 Å². The molecule has 0 aromatic heterocycles. The summed E-state index contributed by atoms with van der Waals surface area (Å²) in [6.07, 6.45) is 0.845. The van der Waals surface area contributed by atoms with E-state index >= 15 is 0 Å². The molecule has 0 bridgehead atoms. The summed E-state index contributed by atoms with van der Waals surface area (Å²) in [4.78, 5) is 12.3. The number of carbonyl (C=O) groups excluding carboxylic acids is 1. The van der Waals surface area contributed by atoms with Crippen molar-refractivity contribution in [3.8, 4) is 0 Å². The molecule has 0 aliphatic heterocycles. The Balaban J connectivity index is 1.59. The summed E-state index contributed by atoms with van der Waals surface area (Å²) < 4.78 is 12.9. The number of rotatable bonds is 4. The van der Waals surface area contributed by atoms with Gasteiger partial charge in [-0.3, -0.25) is 4.79 Å². The molecule has 0 saturated heterocycles. The largest absolute Gasteiger partial charge is 0.349 e. The van der Waals surface area contributed by atoms with E-state index in [1.165, 1.54) is 17.7 Å². The van der Waals surface area contributed by atoms with Gasteiger partial charge in [-0.05, 0) is 49.4 Å². The number of amides is 1. The third-order valence-corrected chi connectivity index (χ3v) is 4.36. The van der Waals surface area contributed by atoms with Crippen molar-refractivity contribution in [2.24, 2.45) is 5.92 Å². The van der Waals surface area contributed by atoms with Crippen molar-refractivity contribution in [3.63, 3.8) is 0 Å². The van der Waals surface area contributed by atoms with E-state index in [1.807, 2.05) is 26.0 Å².